The Balaban J connectivity index is 2.97. The largest absolute Gasteiger partial charge is 0.456 e. The molecule has 0 bridgehead atoms. The summed E-state index contributed by atoms with van der Waals surface area (Å²) >= 11 is 0. The molecule has 4 nitrogen and oxygen atoms in total. The molecule has 0 amide bonds. The predicted octanol–water partition coefficient (Wildman–Crippen LogP) is 1.84. The van der Waals surface area contributed by atoms with Crippen molar-refractivity contribution in [2.75, 3.05) is 0 Å². The van der Waals surface area contributed by atoms with Gasteiger partial charge in [0, 0.05) is 11.5 Å². The normalized spacial score (nSPS) is 32.1. The average molecular weight is 226 g/mol. The molecule has 1 aliphatic rings. The highest BCUT2D eigenvalue weighted by molar-refractivity contribution is 5.92. The van der Waals surface area contributed by atoms with Gasteiger partial charge in [-0.05, 0) is 27.7 Å². The van der Waals surface area contributed by atoms with Crippen LogP contribution in [0.3, 0.4) is 0 Å². The fourth-order valence-corrected chi connectivity index (χ4v) is 1.68. The summed E-state index contributed by atoms with van der Waals surface area (Å²) in [6, 6.07) is 0. The van der Waals surface area contributed by atoms with Gasteiger partial charge < -0.3 is 9.47 Å². The number of cyclic esters (lactones) is 1. The lowest BCUT2D eigenvalue weighted by atomic mass is 9.82. The second-order valence-corrected chi connectivity index (χ2v) is 4.99. The van der Waals surface area contributed by atoms with Gasteiger partial charge in [0.1, 0.15) is 5.60 Å². The van der Waals surface area contributed by atoms with E-state index in [-0.39, 0.29) is 11.5 Å². The SMILES string of the molecule is C=C(C)C(=O)OC1(C)C(=O)OC(C)(C)C1C. The van der Waals surface area contributed by atoms with Crippen molar-refractivity contribution in [3.63, 3.8) is 0 Å². The minimum atomic E-state index is -1.22. The Morgan fingerprint density at radius 1 is 1.44 bits per heavy atom. The van der Waals surface area contributed by atoms with E-state index >= 15 is 0 Å². The molecule has 1 saturated heterocycles. The number of carbonyl (C=O) groups excluding carboxylic acids is 2. The minimum Gasteiger partial charge on any atom is -0.456 e. The molecule has 0 aromatic heterocycles. The van der Waals surface area contributed by atoms with E-state index in [4.69, 9.17) is 9.47 Å². The molecule has 0 aliphatic carbocycles. The molecule has 1 heterocycles. The van der Waals surface area contributed by atoms with Gasteiger partial charge in [0.05, 0.1) is 0 Å². The minimum absolute atomic E-state index is 0.212. The third kappa shape index (κ3) is 1.84. The van der Waals surface area contributed by atoms with Crippen molar-refractivity contribution < 1.29 is 19.1 Å². The van der Waals surface area contributed by atoms with Gasteiger partial charge in [0.2, 0.25) is 5.60 Å². The highest BCUT2D eigenvalue weighted by atomic mass is 16.6. The molecule has 0 N–H and O–H groups in total. The van der Waals surface area contributed by atoms with Crippen LogP contribution < -0.4 is 0 Å². The molecular formula is C12H18O4. The second-order valence-electron chi connectivity index (χ2n) is 4.99. The highest BCUT2D eigenvalue weighted by Crippen LogP contribution is 2.42. The number of esters is 2. The van der Waals surface area contributed by atoms with Crippen molar-refractivity contribution in [1.29, 1.82) is 0 Å². The summed E-state index contributed by atoms with van der Waals surface area (Å²) in [5, 5.41) is 0. The first kappa shape index (κ1) is 12.7. The molecule has 90 valence electrons. The number of rotatable bonds is 2. The molecule has 0 aromatic rings. The van der Waals surface area contributed by atoms with Crippen molar-refractivity contribution in [1.82, 2.24) is 0 Å². The van der Waals surface area contributed by atoms with Crippen LogP contribution in [0.2, 0.25) is 0 Å². The Bertz CT molecular complexity index is 356. The van der Waals surface area contributed by atoms with Gasteiger partial charge in [0.25, 0.3) is 0 Å². The zero-order valence-electron chi connectivity index (χ0n) is 10.4. The summed E-state index contributed by atoms with van der Waals surface area (Å²) in [4.78, 5) is 23.2. The van der Waals surface area contributed by atoms with E-state index in [1.165, 1.54) is 0 Å². The smallest absolute Gasteiger partial charge is 0.351 e. The van der Waals surface area contributed by atoms with Crippen LogP contribution in [0.25, 0.3) is 0 Å². The van der Waals surface area contributed by atoms with E-state index in [0.717, 1.165) is 0 Å². The fraction of sp³-hybridized carbons (Fsp3) is 0.667. The molecule has 0 saturated carbocycles. The summed E-state index contributed by atoms with van der Waals surface area (Å²) in [5.41, 5.74) is -1.58. The summed E-state index contributed by atoms with van der Waals surface area (Å²) in [6.45, 7) is 12.0. The quantitative estimate of drug-likeness (QED) is 0.532. The van der Waals surface area contributed by atoms with Crippen LogP contribution in [-0.4, -0.2) is 23.1 Å². The van der Waals surface area contributed by atoms with Crippen molar-refractivity contribution in [2.24, 2.45) is 5.92 Å². The van der Waals surface area contributed by atoms with Crippen LogP contribution in [0.5, 0.6) is 0 Å². The number of hydrogen-bond acceptors (Lipinski definition) is 4. The maximum Gasteiger partial charge on any atom is 0.351 e. The van der Waals surface area contributed by atoms with Gasteiger partial charge in [-0.1, -0.05) is 13.5 Å². The fourth-order valence-electron chi connectivity index (χ4n) is 1.68. The average Bonchev–Trinajstić information content (AvgIpc) is 2.27. The van der Waals surface area contributed by atoms with Crippen LogP contribution in [0.15, 0.2) is 12.2 Å². The molecule has 2 unspecified atom stereocenters. The first-order valence-corrected chi connectivity index (χ1v) is 5.23. The van der Waals surface area contributed by atoms with Crippen LogP contribution in [0.1, 0.15) is 34.6 Å². The zero-order valence-corrected chi connectivity index (χ0v) is 10.4. The van der Waals surface area contributed by atoms with E-state index in [9.17, 15) is 9.59 Å². The number of ether oxygens (including phenoxy) is 2. The van der Waals surface area contributed by atoms with Crippen molar-refractivity contribution in [2.45, 2.75) is 45.8 Å². The molecule has 1 fully saturated rings. The maximum absolute atomic E-state index is 11.8. The third-order valence-corrected chi connectivity index (χ3v) is 3.28. The van der Waals surface area contributed by atoms with E-state index in [0.29, 0.717) is 0 Å². The molecular weight excluding hydrogens is 208 g/mol. The Labute approximate surface area is 95.6 Å². The van der Waals surface area contributed by atoms with Gasteiger partial charge in [-0.2, -0.15) is 0 Å². The Kier molecular flexibility index (Phi) is 2.88. The molecule has 1 rings (SSSR count). The molecule has 16 heavy (non-hydrogen) atoms. The van der Waals surface area contributed by atoms with Crippen LogP contribution in [-0.2, 0) is 19.1 Å². The van der Waals surface area contributed by atoms with Crippen molar-refractivity contribution in [3.05, 3.63) is 12.2 Å². The Morgan fingerprint density at radius 2 is 1.94 bits per heavy atom. The van der Waals surface area contributed by atoms with E-state index in [1.54, 1.807) is 27.7 Å². The van der Waals surface area contributed by atoms with Crippen LogP contribution in [0, 0.1) is 5.92 Å². The molecule has 0 aromatic carbocycles. The molecule has 2 atom stereocenters. The standard InChI is InChI=1S/C12H18O4/c1-7(2)9(13)15-12(6)8(3)11(4,5)16-10(12)14/h8H,1H2,2-6H3. The summed E-state index contributed by atoms with van der Waals surface area (Å²) in [6.07, 6.45) is 0. The maximum atomic E-state index is 11.8. The number of carbonyl (C=O) groups is 2. The first-order chi connectivity index (χ1) is 7.11. The van der Waals surface area contributed by atoms with Gasteiger partial charge in [-0.3, -0.25) is 0 Å². The van der Waals surface area contributed by atoms with Gasteiger partial charge >= 0.3 is 11.9 Å². The Hall–Kier alpha value is -1.32. The van der Waals surface area contributed by atoms with Gasteiger partial charge in [0.15, 0.2) is 0 Å². The monoisotopic (exact) mass is 226 g/mol. The van der Waals surface area contributed by atoms with Crippen LogP contribution >= 0.6 is 0 Å². The molecule has 1 aliphatic heterocycles. The molecule has 0 spiro atoms. The zero-order chi connectivity index (χ0) is 12.7. The topological polar surface area (TPSA) is 52.6 Å². The van der Waals surface area contributed by atoms with Gasteiger partial charge in [-0.15, -0.1) is 0 Å². The van der Waals surface area contributed by atoms with E-state index < -0.39 is 23.1 Å². The second kappa shape index (κ2) is 3.61. The number of hydrogen-bond donors (Lipinski definition) is 0. The summed E-state index contributed by atoms with van der Waals surface area (Å²) in [7, 11) is 0. The first-order valence-electron chi connectivity index (χ1n) is 5.23. The third-order valence-electron chi connectivity index (χ3n) is 3.28. The molecule has 0 radical (unpaired) electrons. The lowest BCUT2D eigenvalue weighted by molar-refractivity contribution is -0.170. The van der Waals surface area contributed by atoms with Gasteiger partial charge in [-0.25, -0.2) is 9.59 Å². The van der Waals surface area contributed by atoms with E-state index in [2.05, 4.69) is 6.58 Å². The van der Waals surface area contributed by atoms with Crippen LogP contribution in [0.4, 0.5) is 0 Å². The van der Waals surface area contributed by atoms with Crippen molar-refractivity contribution >= 4 is 11.9 Å². The Morgan fingerprint density at radius 3 is 2.25 bits per heavy atom. The predicted molar refractivity (Wildman–Crippen MR) is 58.6 cm³/mol. The molecule has 4 heteroatoms. The lowest BCUT2D eigenvalue weighted by Gasteiger charge is -2.28. The lowest BCUT2D eigenvalue weighted by Crippen LogP contribution is -2.44. The highest BCUT2D eigenvalue weighted by Gasteiger charge is 2.58. The van der Waals surface area contributed by atoms with E-state index in [1.807, 2.05) is 6.92 Å². The van der Waals surface area contributed by atoms with Crippen molar-refractivity contribution in [3.8, 4) is 0 Å². The summed E-state index contributed by atoms with van der Waals surface area (Å²) in [5.74, 6) is -1.28. The summed E-state index contributed by atoms with van der Waals surface area (Å²) < 4.78 is 10.4.